The van der Waals surface area contributed by atoms with Gasteiger partial charge < -0.3 is 4.57 Å². The molecular formula is C14H17ClN2OS2. The molecule has 0 unspecified atom stereocenters. The predicted octanol–water partition coefficient (Wildman–Crippen LogP) is 3.95. The van der Waals surface area contributed by atoms with E-state index in [0.717, 1.165) is 33.7 Å². The Labute approximate surface area is 131 Å². The number of carbonyl (C=O) groups is 1. The molecule has 0 aliphatic carbocycles. The van der Waals surface area contributed by atoms with Gasteiger partial charge in [0.25, 0.3) is 0 Å². The van der Waals surface area contributed by atoms with Gasteiger partial charge in [0, 0.05) is 23.7 Å². The van der Waals surface area contributed by atoms with Crippen LogP contribution in [0.15, 0.2) is 23.2 Å². The third-order valence-corrected chi connectivity index (χ3v) is 4.72. The Morgan fingerprint density at radius 3 is 3.00 bits per heavy atom. The summed E-state index contributed by atoms with van der Waals surface area (Å²) in [6.07, 6.45) is 3.40. The highest BCUT2D eigenvalue weighted by atomic mass is 35.5. The predicted molar refractivity (Wildman–Crippen MR) is 88.7 cm³/mol. The van der Waals surface area contributed by atoms with Gasteiger partial charge in [0.15, 0.2) is 4.80 Å². The van der Waals surface area contributed by atoms with Gasteiger partial charge in [-0.1, -0.05) is 29.9 Å². The fourth-order valence-corrected chi connectivity index (χ4v) is 3.62. The number of thioether (sulfide) groups is 1. The van der Waals surface area contributed by atoms with Crippen LogP contribution in [0.3, 0.4) is 0 Å². The van der Waals surface area contributed by atoms with Gasteiger partial charge in [-0.05, 0) is 30.9 Å². The SMILES string of the molecule is CCCC(=O)N=c1sc2cc(Cl)ccc2n1CCSC. The van der Waals surface area contributed by atoms with Crippen LogP contribution in [-0.4, -0.2) is 22.5 Å². The number of rotatable bonds is 5. The van der Waals surface area contributed by atoms with E-state index in [0.29, 0.717) is 11.4 Å². The molecule has 1 heterocycles. The third-order valence-electron chi connectivity index (χ3n) is 2.85. The van der Waals surface area contributed by atoms with Crippen LogP contribution in [0.5, 0.6) is 0 Å². The van der Waals surface area contributed by atoms with E-state index < -0.39 is 0 Å². The van der Waals surface area contributed by atoms with Crippen molar-refractivity contribution < 1.29 is 4.79 Å². The number of fused-ring (bicyclic) bond motifs is 1. The molecule has 6 heteroatoms. The fourth-order valence-electron chi connectivity index (χ4n) is 1.91. The summed E-state index contributed by atoms with van der Waals surface area (Å²) in [5.41, 5.74) is 1.09. The first-order valence-corrected chi connectivity index (χ1v) is 9.10. The quantitative estimate of drug-likeness (QED) is 0.833. The van der Waals surface area contributed by atoms with Crippen molar-refractivity contribution >= 4 is 50.8 Å². The molecule has 2 aromatic rings. The van der Waals surface area contributed by atoms with Crippen LogP contribution in [0.25, 0.3) is 10.2 Å². The third kappa shape index (κ3) is 3.65. The van der Waals surface area contributed by atoms with Crippen molar-refractivity contribution in [2.75, 3.05) is 12.0 Å². The van der Waals surface area contributed by atoms with Crippen LogP contribution in [0.1, 0.15) is 19.8 Å². The molecule has 0 spiro atoms. The van der Waals surface area contributed by atoms with Crippen molar-refractivity contribution in [3.8, 4) is 0 Å². The molecule has 0 aliphatic rings. The Kier molecular flexibility index (Phi) is 5.69. The maximum absolute atomic E-state index is 11.8. The molecule has 0 N–H and O–H groups in total. The molecule has 2 rings (SSSR count). The maximum atomic E-state index is 11.8. The maximum Gasteiger partial charge on any atom is 0.248 e. The minimum atomic E-state index is -0.0527. The van der Waals surface area contributed by atoms with E-state index in [2.05, 4.69) is 15.8 Å². The molecule has 0 aliphatic heterocycles. The van der Waals surface area contributed by atoms with Crippen molar-refractivity contribution in [1.29, 1.82) is 0 Å². The number of aryl methyl sites for hydroxylation is 1. The van der Waals surface area contributed by atoms with Crippen LogP contribution < -0.4 is 4.80 Å². The Hall–Kier alpha value is -0.780. The Morgan fingerprint density at radius 2 is 2.30 bits per heavy atom. The molecule has 0 bridgehead atoms. The highest BCUT2D eigenvalue weighted by molar-refractivity contribution is 7.98. The van der Waals surface area contributed by atoms with Gasteiger partial charge >= 0.3 is 0 Å². The summed E-state index contributed by atoms with van der Waals surface area (Å²) in [5.74, 6) is 0.937. The van der Waals surface area contributed by atoms with Crippen LogP contribution in [0.2, 0.25) is 5.02 Å². The summed E-state index contributed by atoms with van der Waals surface area (Å²) in [4.78, 5) is 16.8. The number of benzene rings is 1. The molecular weight excluding hydrogens is 312 g/mol. The molecule has 20 heavy (non-hydrogen) atoms. The molecule has 0 radical (unpaired) electrons. The standard InChI is InChI=1S/C14H17ClN2OS2/c1-3-4-13(18)16-14-17(7-8-19-2)11-6-5-10(15)9-12(11)20-14/h5-6,9H,3-4,7-8H2,1-2H3. The van der Waals surface area contributed by atoms with Gasteiger partial charge in [0.05, 0.1) is 10.2 Å². The molecule has 0 atom stereocenters. The van der Waals surface area contributed by atoms with Gasteiger partial charge in [-0.15, -0.1) is 0 Å². The summed E-state index contributed by atoms with van der Waals surface area (Å²) >= 11 is 9.34. The van der Waals surface area contributed by atoms with E-state index in [-0.39, 0.29) is 5.91 Å². The zero-order valence-corrected chi connectivity index (χ0v) is 13.9. The Bertz CT molecular complexity index is 675. The molecule has 0 saturated heterocycles. The molecule has 1 aromatic carbocycles. The lowest BCUT2D eigenvalue weighted by Crippen LogP contribution is -2.18. The average Bonchev–Trinajstić information content (AvgIpc) is 2.73. The Morgan fingerprint density at radius 1 is 1.50 bits per heavy atom. The number of thiazole rings is 1. The number of amides is 1. The summed E-state index contributed by atoms with van der Waals surface area (Å²) in [7, 11) is 0. The highest BCUT2D eigenvalue weighted by Crippen LogP contribution is 2.22. The number of hydrogen-bond acceptors (Lipinski definition) is 3. The van der Waals surface area contributed by atoms with E-state index in [4.69, 9.17) is 11.6 Å². The second-order valence-corrected chi connectivity index (χ2v) is 6.83. The number of nitrogens with zero attached hydrogens (tertiary/aromatic N) is 2. The van der Waals surface area contributed by atoms with Crippen molar-refractivity contribution in [3.05, 3.63) is 28.0 Å². The van der Waals surface area contributed by atoms with Gasteiger partial charge in [0.1, 0.15) is 0 Å². The zero-order chi connectivity index (χ0) is 14.5. The molecule has 108 valence electrons. The molecule has 0 fully saturated rings. The fraction of sp³-hybridized carbons (Fsp3) is 0.429. The molecule has 1 aromatic heterocycles. The van der Waals surface area contributed by atoms with E-state index >= 15 is 0 Å². The summed E-state index contributed by atoms with van der Waals surface area (Å²) in [5, 5.41) is 0.710. The smallest absolute Gasteiger partial charge is 0.248 e. The van der Waals surface area contributed by atoms with Crippen molar-refractivity contribution in [1.82, 2.24) is 4.57 Å². The lowest BCUT2D eigenvalue weighted by molar-refractivity contribution is -0.118. The Balaban J connectivity index is 2.53. The number of halogens is 1. The molecule has 1 amide bonds. The number of aromatic nitrogens is 1. The zero-order valence-electron chi connectivity index (χ0n) is 11.6. The van der Waals surface area contributed by atoms with Crippen LogP contribution in [-0.2, 0) is 11.3 Å². The van der Waals surface area contributed by atoms with Gasteiger partial charge in [-0.3, -0.25) is 4.79 Å². The van der Waals surface area contributed by atoms with Crippen LogP contribution in [0.4, 0.5) is 0 Å². The molecule has 0 saturated carbocycles. The van der Waals surface area contributed by atoms with Gasteiger partial charge in [0.2, 0.25) is 5.91 Å². The molecule has 3 nitrogen and oxygen atoms in total. The summed E-state index contributed by atoms with van der Waals surface area (Å²) in [6, 6.07) is 5.81. The van der Waals surface area contributed by atoms with E-state index in [1.807, 2.05) is 25.1 Å². The summed E-state index contributed by atoms with van der Waals surface area (Å²) in [6.45, 7) is 2.83. The van der Waals surface area contributed by atoms with Crippen LogP contribution in [0, 0.1) is 0 Å². The largest absolute Gasteiger partial charge is 0.316 e. The van der Waals surface area contributed by atoms with Crippen molar-refractivity contribution in [2.45, 2.75) is 26.3 Å². The average molecular weight is 329 g/mol. The second kappa shape index (κ2) is 7.29. The topological polar surface area (TPSA) is 34.4 Å². The monoisotopic (exact) mass is 328 g/mol. The van der Waals surface area contributed by atoms with Gasteiger partial charge in [-0.2, -0.15) is 16.8 Å². The highest BCUT2D eigenvalue weighted by Gasteiger charge is 2.08. The first kappa shape index (κ1) is 15.6. The van der Waals surface area contributed by atoms with Gasteiger partial charge in [-0.25, -0.2) is 0 Å². The van der Waals surface area contributed by atoms with E-state index in [9.17, 15) is 4.79 Å². The van der Waals surface area contributed by atoms with E-state index in [1.54, 1.807) is 11.8 Å². The lowest BCUT2D eigenvalue weighted by atomic mass is 10.3. The second-order valence-electron chi connectivity index (χ2n) is 4.40. The van der Waals surface area contributed by atoms with Crippen molar-refractivity contribution in [2.24, 2.45) is 4.99 Å². The van der Waals surface area contributed by atoms with E-state index in [1.165, 1.54) is 11.3 Å². The first-order chi connectivity index (χ1) is 9.65. The lowest BCUT2D eigenvalue weighted by Gasteiger charge is -2.03. The minimum absolute atomic E-state index is 0.0527. The number of carbonyl (C=O) groups excluding carboxylic acids is 1. The van der Waals surface area contributed by atoms with Crippen molar-refractivity contribution in [3.63, 3.8) is 0 Å². The van der Waals surface area contributed by atoms with Crippen LogP contribution >= 0.6 is 34.7 Å². The number of hydrogen-bond donors (Lipinski definition) is 0. The first-order valence-electron chi connectivity index (χ1n) is 6.51. The minimum Gasteiger partial charge on any atom is -0.316 e. The normalized spacial score (nSPS) is 12.2. The summed E-state index contributed by atoms with van der Waals surface area (Å²) < 4.78 is 3.18.